The number of aromatic nitrogens is 4. The van der Waals surface area contributed by atoms with Gasteiger partial charge in [-0.3, -0.25) is 0 Å². The first kappa shape index (κ1) is 15.9. The summed E-state index contributed by atoms with van der Waals surface area (Å²) >= 11 is 6.38. The van der Waals surface area contributed by atoms with Crippen molar-refractivity contribution in [3.05, 3.63) is 84.1 Å². The number of halogens is 1. The van der Waals surface area contributed by atoms with Crippen LogP contribution >= 0.6 is 11.6 Å². The molecule has 0 N–H and O–H groups in total. The Morgan fingerprint density at radius 2 is 1.44 bits per heavy atom. The molecular formula is C22H13ClN4. The highest BCUT2D eigenvalue weighted by Crippen LogP contribution is 2.27. The Kier molecular flexibility index (Phi) is 3.77. The maximum absolute atomic E-state index is 6.38. The lowest BCUT2D eigenvalue weighted by atomic mass is 10.1. The van der Waals surface area contributed by atoms with Crippen LogP contribution in [0.5, 0.6) is 0 Å². The summed E-state index contributed by atoms with van der Waals surface area (Å²) in [6.45, 7) is 0. The van der Waals surface area contributed by atoms with Crippen molar-refractivity contribution >= 4 is 33.5 Å². The monoisotopic (exact) mass is 368 g/mol. The molecule has 128 valence electrons. The van der Waals surface area contributed by atoms with Gasteiger partial charge < -0.3 is 0 Å². The molecule has 27 heavy (non-hydrogen) atoms. The van der Waals surface area contributed by atoms with E-state index in [1.54, 1.807) is 6.20 Å². The van der Waals surface area contributed by atoms with Gasteiger partial charge in [0.25, 0.3) is 0 Å². The highest BCUT2D eigenvalue weighted by Gasteiger charge is 2.12. The smallest absolute Gasteiger partial charge is 0.184 e. The lowest BCUT2D eigenvalue weighted by Crippen LogP contribution is -1.97. The molecule has 0 bridgehead atoms. The maximum atomic E-state index is 6.38. The lowest BCUT2D eigenvalue weighted by Gasteiger charge is -2.07. The second kappa shape index (κ2) is 6.41. The third-order valence-electron chi connectivity index (χ3n) is 4.44. The molecule has 5 rings (SSSR count). The van der Waals surface area contributed by atoms with Crippen LogP contribution < -0.4 is 0 Å². The summed E-state index contributed by atoms with van der Waals surface area (Å²) in [6.07, 6.45) is 1.70. The van der Waals surface area contributed by atoms with Crippen molar-refractivity contribution < 1.29 is 0 Å². The second-order valence-corrected chi connectivity index (χ2v) is 6.55. The van der Waals surface area contributed by atoms with Gasteiger partial charge in [-0.1, -0.05) is 78.3 Å². The molecule has 0 spiro atoms. The van der Waals surface area contributed by atoms with E-state index in [4.69, 9.17) is 11.6 Å². The molecule has 5 aromatic rings. The summed E-state index contributed by atoms with van der Waals surface area (Å²) in [4.78, 5) is 18.1. The summed E-state index contributed by atoms with van der Waals surface area (Å²) < 4.78 is 0. The first-order valence-corrected chi connectivity index (χ1v) is 8.91. The van der Waals surface area contributed by atoms with E-state index < -0.39 is 0 Å². The van der Waals surface area contributed by atoms with E-state index in [0.29, 0.717) is 22.1 Å². The Bertz CT molecular complexity index is 1290. The van der Waals surface area contributed by atoms with Gasteiger partial charge in [-0.2, -0.15) is 0 Å². The molecule has 0 saturated heterocycles. The predicted molar refractivity (Wildman–Crippen MR) is 109 cm³/mol. The minimum absolute atomic E-state index is 0.301. The SMILES string of the molecule is Clc1nc(-c2ccc3ccccc3c2)nc2nc(-c3ccccc3)cnc12. The molecular weight excluding hydrogens is 356 g/mol. The van der Waals surface area contributed by atoms with E-state index in [2.05, 4.69) is 44.2 Å². The molecule has 4 nitrogen and oxygen atoms in total. The first-order valence-electron chi connectivity index (χ1n) is 8.53. The lowest BCUT2D eigenvalue weighted by molar-refractivity contribution is 1.16. The van der Waals surface area contributed by atoms with Crippen LogP contribution in [-0.4, -0.2) is 19.9 Å². The van der Waals surface area contributed by atoms with Crippen molar-refractivity contribution in [3.8, 4) is 22.6 Å². The van der Waals surface area contributed by atoms with Crippen LogP contribution in [0.15, 0.2) is 79.0 Å². The van der Waals surface area contributed by atoms with Crippen molar-refractivity contribution in [2.45, 2.75) is 0 Å². The van der Waals surface area contributed by atoms with Gasteiger partial charge in [0, 0.05) is 11.1 Å². The van der Waals surface area contributed by atoms with Crippen LogP contribution in [-0.2, 0) is 0 Å². The summed E-state index contributed by atoms with van der Waals surface area (Å²) in [5.41, 5.74) is 3.61. The average Bonchev–Trinajstić information content (AvgIpc) is 2.73. The topological polar surface area (TPSA) is 51.6 Å². The van der Waals surface area contributed by atoms with E-state index in [1.165, 1.54) is 5.39 Å². The van der Waals surface area contributed by atoms with Crippen molar-refractivity contribution in [2.24, 2.45) is 0 Å². The van der Waals surface area contributed by atoms with E-state index in [9.17, 15) is 0 Å². The van der Waals surface area contributed by atoms with Gasteiger partial charge in [-0.05, 0) is 16.8 Å². The van der Waals surface area contributed by atoms with Gasteiger partial charge >= 0.3 is 0 Å². The molecule has 0 aliphatic carbocycles. The quantitative estimate of drug-likeness (QED) is 0.383. The summed E-state index contributed by atoms with van der Waals surface area (Å²) in [6, 6.07) is 24.2. The fourth-order valence-corrected chi connectivity index (χ4v) is 3.29. The molecule has 0 amide bonds. The molecule has 0 fully saturated rings. The summed E-state index contributed by atoms with van der Waals surface area (Å²) in [5, 5.41) is 2.59. The van der Waals surface area contributed by atoms with E-state index in [0.717, 1.165) is 22.2 Å². The third-order valence-corrected chi connectivity index (χ3v) is 4.71. The maximum Gasteiger partial charge on any atom is 0.184 e. The van der Waals surface area contributed by atoms with Crippen LogP contribution in [0.4, 0.5) is 0 Å². The number of hydrogen-bond donors (Lipinski definition) is 0. The average molecular weight is 369 g/mol. The molecule has 3 aromatic carbocycles. The van der Waals surface area contributed by atoms with Crippen LogP contribution in [0.25, 0.3) is 44.6 Å². The number of hydrogen-bond acceptors (Lipinski definition) is 4. The third kappa shape index (κ3) is 2.90. The van der Waals surface area contributed by atoms with Gasteiger partial charge in [-0.15, -0.1) is 0 Å². The van der Waals surface area contributed by atoms with E-state index >= 15 is 0 Å². The number of fused-ring (bicyclic) bond motifs is 2. The minimum Gasteiger partial charge on any atom is -0.247 e. The van der Waals surface area contributed by atoms with Gasteiger partial charge in [-0.25, -0.2) is 19.9 Å². The van der Waals surface area contributed by atoms with Gasteiger partial charge in [0.15, 0.2) is 16.6 Å². The van der Waals surface area contributed by atoms with E-state index in [-0.39, 0.29) is 0 Å². The molecule has 0 aliphatic heterocycles. The zero-order valence-electron chi connectivity index (χ0n) is 14.2. The largest absolute Gasteiger partial charge is 0.247 e. The molecule has 0 radical (unpaired) electrons. The minimum atomic E-state index is 0.301. The fraction of sp³-hybridized carbons (Fsp3) is 0. The Morgan fingerprint density at radius 3 is 2.30 bits per heavy atom. The standard InChI is InChI=1S/C22H13ClN4/c23-20-19-22(25-18(13-24-19)15-7-2-1-3-8-15)27-21(26-20)17-11-10-14-6-4-5-9-16(14)12-17/h1-13H. The molecule has 0 aliphatic rings. The number of rotatable bonds is 2. The Morgan fingerprint density at radius 1 is 0.667 bits per heavy atom. The second-order valence-electron chi connectivity index (χ2n) is 6.19. The van der Waals surface area contributed by atoms with Crippen LogP contribution in [0.3, 0.4) is 0 Å². The molecule has 0 unspecified atom stereocenters. The zero-order chi connectivity index (χ0) is 18.2. The normalized spacial score (nSPS) is 11.1. The molecule has 2 aromatic heterocycles. The zero-order valence-corrected chi connectivity index (χ0v) is 14.9. The van der Waals surface area contributed by atoms with Crippen molar-refractivity contribution in [2.75, 3.05) is 0 Å². The molecule has 0 atom stereocenters. The van der Waals surface area contributed by atoms with Crippen LogP contribution in [0, 0.1) is 0 Å². The summed E-state index contributed by atoms with van der Waals surface area (Å²) in [7, 11) is 0. The van der Waals surface area contributed by atoms with Crippen molar-refractivity contribution in [3.63, 3.8) is 0 Å². The Balaban J connectivity index is 1.68. The first-order chi connectivity index (χ1) is 13.3. The molecule has 5 heteroatoms. The number of benzene rings is 3. The Labute approximate surface area is 160 Å². The van der Waals surface area contributed by atoms with Crippen LogP contribution in [0.2, 0.25) is 5.15 Å². The van der Waals surface area contributed by atoms with Gasteiger partial charge in [0.1, 0.15) is 5.52 Å². The highest BCUT2D eigenvalue weighted by atomic mass is 35.5. The van der Waals surface area contributed by atoms with Gasteiger partial charge in [0.05, 0.1) is 11.9 Å². The Hall–Kier alpha value is -3.37. The van der Waals surface area contributed by atoms with Gasteiger partial charge in [0.2, 0.25) is 0 Å². The van der Waals surface area contributed by atoms with Crippen molar-refractivity contribution in [1.82, 2.24) is 19.9 Å². The fourth-order valence-electron chi connectivity index (χ4n) is 3.08. The molecule has 0 saturated carbocycles. The summed E-state index contributed by atoms with van der Waals surface area (Å²) in [5.74, 6) is 0.540. The van der Waals surface area contributed by atoms with E-state index in [1.807, 2.05) is 48.5 Å². The molecule has 2 heterocycles. The predicted octanol–water partition coefficient (Wildman–Crippen LogP) is 5.56. The van der Waals surface area contributed by atoms with Crippen molar-refractivity contribution in [1.29, 1.82) is 0 Å². The number of nitrogens with zero attached hydrogens (tertiary/aromatic N) is 4. The highest BCUT2D eigenvalue weighted by molar-refractivity contribution is 6.33. The van der Waals surface area contributed by atoms with Crippen LogP contribution in [0.1, 0.15) is 0 Å².